The van der Waals surface area contributed by atoms with E-state index in [9.17, 15) is 0 Å². The van der Waals surface area contributed by atoms with Gasteiger partial charge in [0.1, 0.15) is 17.0 Å². The molecule has 0 amide bonds. The maximum absolute atomic E-state index is 15.7. The van der Waals surface area contributed by atoms with Crippen molar-refractivity contribution in [3.63, 3.8) is 0 Å². The molecule has 234 valence electrons. The number of hydrogen-bond acceptors (Lipinski definition) is 6. The number of ketones is 2. The lowest BCUT2D eigenvalue weighted by Gasteiger charge is -2.50. The number of rotatable bonds is 5. The van der Waals surface area contributed by atoms with Crippen LogP contribution in [0.1, 0.15) is 44.6 Å². The molecule has 4 atom stereocenters. The summed E-state index contributed by atoms with van der Waals surface area (Å²) >= 11 is 0. The summed E-state index contributed by atoms with van der Waals surface area (Å²) in [4.78, 5) is 33.3. The van der Waals surface area contributed by atoms with E-state index in [1.165, 1.54) is 0 Å². The number of likely N-dealkylation sites (N-methyl/N-ethyl adjacent to an activating group) is 1. The predicted octanol–water partition coefficient (Wildman–Crippen LogP) is 6.96. The van der Waals surface area contributed by atoms with Crippen LogP contribution in [0, 0.1) is 5.41 Å². The molecule has 0 unspecified atom stereocenters. The van der Waals surface area contributed by atoms with Crippen LogP contribution >= 0.6 is 0 Å². The van der Waals surface area contributed by atoms with Gasteiger partial charge >= 0.3 is 0 Å². The summed E-state index contributed by atoms with van der Waals surface area (Å²) in [6, 6.07) is 37.7. The van der Waals surface area contributed by atoms with Crippen molar-refractivity contribution in [1.29, 1.82) is 0 Å². The number of ether oxygens (including phenoxy) is 2. The fourth-order valence-corrected chi connectivity index (χ4v) is 8.68. The Labute approximate surface area is 274 Å². The number of fused-ring (bicyclic) bond motifs is 2. The van der Waals surface area contributed by atoms with Crippen LogP contribution in [0.15, 0.2) is 121 Å². The van der Waals surface area contributed by atoms with Gasteiger partial charge < -0.3 is 14.4 Å². The van der Waals surface area contributed by atoms with Gasteiger partial charge in [0.15, 0.2) is 11.6 Å². The molecular weight excluding hydrogens is 584 g/mol. The van der Waals surface area contributed by atoms with Gasteiger partial charge in [0.05, 0.1) is 19.6 Å². The highest BCUT2D eigenvalue weighted by Crippen LogP contribution is 2.66. The Morgan fingerprint density at radius 2 is 1.40 bits per heavy atom. The Balaban J connectivity index is 1.44. The minimum absolute atomic E-state index is 0.00340. The van der Waals surface area contributed by atoms with E-state index in [1.807, 2.05) is 78.9 Å². The molecule has 3 aliphatic rings. The Kier molecular flexibility index (Phi) is 6.90. The number of benzene rings is 5. The largest absolute Gasteiger partial charge is 0.497 e. The van der Waals surface area contributed by atoms with Gasteiger partial charge in [0.2, 0.25) is 0 Å². The molecule has 47 heavy (non-hydrogen) atoms. The molecule has 6 nitrogen and oxygen atoms in total. The summed E-state index contributed by atoms with van der Waals surface area (Å²) in [7, 11) is 5.35. The van der Waals surface area contributed by atoms with Crippen LogP contribution in [0.4, 0.5) is 0 Å². The molecule has 5 aromatic rings. The van der Waals surface area contributed by atoms with Gasteiger partial charge in [-0.05, 0) is 70.4 Å². The van der Waals surface area contributed by atoms with E-state index in [0.29, 0.717) is 24.2 Å². The molecule has 2 saturated heterocycles. The second kappa shape index (κ2) is 11.0. The maximum atomic E-state index is 15.7. The minimum atomic E-state index is -1.31. The zero-order chi connectivity index (χ0) is 32.3. The van der Waals surface area contributed by atoms with Crippen molar-refractivity contribution < 1.29 is 19.1 Å². The number of methoxy groups -OCH3 is 2. The molecule has 6 heteroatoms. The highest BCUT2D eigenvalue weighted by atomic mass is 16.5. The van der Waals surface area contributed by atoms with Gasteiger partial charge in [-0.15, -0.1) is 0 Å². The van der Waals surface area contributed by atoms with Crippen molar-refractivity contribution >= 4 is 28.4 Å². The number of Topliss-reactive ketones (excluding diaryl/α,β-unsaturated/α-hetero) is 2. The summed E-state index contributed by atoms with van der Waals surface area (Å²) in [5.41, 5.74) is 2.62. The predicted molar refractivity (Wildman–Crippen MR) is 184 cm³/mol. The molecule has 5 aromatic carbocycles. The van der Waals surface area contributed by atoms with Crippen LogP contribution in [-0.4, -0.2) is 50.8 Å². The third-order valence-electron chi connectivity index (χ3n) is 10.5. The molecule has 1 N–H and O–H groups in total. The van der Waals surface area contributed by atoms with Crippen LogP contribution in [0.25, 0.3) is 16.8 Å². The topological polar surface area (TPSA) is 67.9 Å². The van der Waals surface area contributed by atoms with Gasteiger partial charge in [-0.1, -0.05) is 91.0 Å². The van der Waals surface area contributed by atoms with Crippen LogP contribution in [0.2, 0.25) is 0 Å². The average Bonchev–Trinajstić information content (AvgIpc) is 3.54. The van der Waals surface area contributed by atoms with E-state index in [-0.39, 0.29) is 23.5 Å². The molecule has 0 bridgehead atoms. The van der Waals surface area contributed by atoms with Crippen LogP contribution < -0.4 is 14.8 Å². The van der Waals surface area contributed by atoms with Gasteiger partial charge in [-0.25, -0.2) is 0 Å². The zero-order valence-corrected chi connectivity index (χ0v) is 26.7. The average molecular weight is 621 g/mol. The first-order chi connectivity index (χ1) is 22.9. The number of nitrogens with one attached hydrogen (secondary N) is 1. The Morgan fingerprint density at radius 1 is 0.745 bits per heavy atom. The molecule has 0 radical (unpaired) electrons. The zero-order valence-electron chi connectivity index (χ0n) is 26.7. The van der Waals surface area contributed by atoms with Gasteiger partial charge in [0.25, 0.3) is 0 Å². The number of nitrogens with zero attached hydrogens (tertiary/aromatic N) is 1. The summed E-state index contributed by atoms with van der Waals surface area (Å²) in [6.07, 6.45) is 1.99. The second-order valence-corrected chi connectivity index (χ2v) is 13.0. The monoisotopic (exact) mass is 620 g/mol. The second-order valence-electron chi connectivity index (χ2n) is 13.0. The van der Waals surface area contributed by atoms with Crippen molar-refractivity contribution in [2.75, 3.05) is 34.4 Å². The molecule has 2 heterocycles. The van der Waals surface area contributed by atoms with Crippen LogP contribution in [0.5, 0.6) is 11.5 Å². The van der Waals surface area contributed by atoms with Crippen molar-refractivity contribution in [1.82, 2.24) is 10.2 Å². The molecule has 1 aliphatic carbocycles. The Morgan fingerprint density at radius 3 is 2.09 bits per heavy atom. The number of piperidine rings is 1. The lowest BCUT2D eigenvalue weighted by atomic mass is 9.54. The van der Waals surface area contributed by atoms with Crippen molar-refractivity contribution in [2.24, 2.45) is 5.41 Å². The quantitative estimate of drug-likeness (QED) is 0.214. The number of hydrogen-bond donors (Lipinski definition) is 1. The van der Waals surface area contributed by atoms with Crippen LogP contribution in [-0.2, 0) is 10.3 Å². The van der Waals surface area contributed by atoms with Crippen molar-refractivity contribution in [3.8, 4) is 11.5 Å². The highest BCUT2D eigenvalue weighted by molar-refractivity contribution is 6.24. The van der Waals surface area contributed by atoms with E-state index in [0.717, 1.165) is 44.5 Å². The smallest absolute Gasteiger partial charge is 0.189 e. The fourth-order valence-electron chi connectivity index (χ4n) is 8.68. The van der Waals surface area contributed by atoms with Crippen molar-refractivity contribution in [2.45, 2.75) is 17.5 Å². The number of carbonyl (C=O) groups is 2. The van der Waals surface area contributed by atoms with E-state index in [4.69, 9.17) is 9.47 Å². The first kappa shape index (κ1) is 29.4. The lowest BCUT2D eigenvalue weighted by molar-refractivity contribution is -0.132. The third kappa shape index (κ3) is 4.18. The van der Waals surface area contributed by atoms with E-state index < -0.39 is 11.0 Å². The standard InChI is InChI=1S/C41H36N2O4/c1-43-24-30(23-26-15-19-31(46-2)20-16-26)38(44)40(25-43)36(28-17-21-32(47-3)22-18-28)37(29-9-5-4-6-10-29)42-41(40)34-14-8-12-27-11-7-13-33(35(27)34)39(41)45/h4-23,36-37,42H,24-25H2,1-3H3/b30-23+/t36-,37-,40-,41-/m0/s1. The number of carbonyl (C=O) groups excluding carboxylic acids is 2. The van der Waals surface area contributed by atoms with Crippen molar-refractivity contribution in [3.05, 3.63) is 149 Å². The molecule has 2 aliphatic heterocycles. The number of likely N-dealkylation sites (tertiary alicyclic amines) is 1. The van der Waals surface area contributed by atoms with Gasteiger partial charge in [-0.3, -0.25) is 14.9 Å². The van der Waals surface area contributed by atoms with E-state index in [2.05, 4.69) is 59.7 Å². The SMILES string of the molecule is COc1ccc(/C=C2\CN(C)C[C@@]3(C2=O)[C@@H](c2ccc(OC)cc2)[C@H](c2ccccc2)N[C@@]32C(=O)c3cccc4cccc2c34)cc1. The molecule has 8 rings (SSSR count). The summed E-state index contributed by atoms with van der Waals surface area (Å²) in [5, 5.41) is 5.88. The van der Waals surface area contributed by atoms with Gasteiger partial charge in [0, 0.05) is 36.2 Å². The Hall–Kier alpha value is -5.04. The van der Waals surface area contributed by atoms with Gasteiger partial charge in [-0.2, -0.15) is 0 Å². The first-order valence-corrected chi connectivity index (χ1v) is 16.0. The molecule has 0 aromatic heterocycles. The molecule has 2 fully saturated rings. The highest BCUT2D eigenvalue weighted by Gasteiger charge is 2.74. The normalized spacial score (nSPS) is 26.1. The molecule has 0 saturated carbocycles. The molecule has 2 spiro atoms. The third-order valence-corrected chi connectivity index (χ3v) is 10.5. The molecular formula is C41H36N2O4. The van der Waals surface area contributed by atoms with E-state index >= 15 is 9.59 Å². The fraction of sp³-hybridized carbons (Fsp3) is 0.220. The Bertz CT molecular complexity index is 2050. The lowest BCUT2D eigenvalue weighted by Crippen LogP contribution is -2.64. The minimum Gasteiger partial charge on any atom is -0.497 e. The van der Waals surface area contributed by atoms with Crippen LogP contribution in [0.3, 0.4) is 0 Å². The summed E-state index contributed by atoms with van der Waals surface area (Å²) in [5.74, 6) is 1.05. The summed E-state index contributed by atoms with van der Waals surface area (Å²) < 4.78 is 10.9. The van der Waals surface area contributed by atoms with E-state index in [1.54, 1.807) is 14.2 Å². The summed E-state index contributed by atoms with van der Waals surface area (Å²) in [6.45, 7) is 0.869. The first-order valence-electron chi connectivity index (χ1n) is 16.0. The maximum Gasteiger partial charge on any atom is 0.189 e.